The first kappa shape index (κ1) is 12.0. The van der Waals surface area contributed by atoms with Crippen LogP contribution in [-0.4, -0.2) is 29.4 Å². The normalized spacial score (nSPS) is 29.1. The van der Waals surface area contributed by atoms with Crippen molar-refractivity contribution in [1.82, 2.24) is 0 Å². The van der Waals surface area contributed by atoms with Gasteiger partial charge in [0.15, 0.2) is 0 Å². The summed E-state index contributed by atoms with van der Waals surface area (Å²) < 4.78 is 96.6. The van der Waals surface area contributed by atoms with Gasteiger partial charge < -0.3 is 0 Å². The lowest BCUT2D eigenvalue weighted by Gasteiger charge is -2.51. The number of rotatable bonds is 1. The summed E-state index contributed by atoms with van der Waals surface area (Å²) in [5.41, 5.74) is -5.70. The molecule has 1 aliphatic carbocycles. The molecule has 1 saturated carbocycles. The molecule has 2 nitrogen and oxygen atoms in total. The summed E-state index contributed by atoms with van der Waals surface area (Å²) in [5, 5.41) is 0. The minimum absolute atomic E-state index is 1.81. The quantitative estimate of drug-likeness (QED) is 0.660. The third-order valence-electron chi connectivity index (χ3n) is 2.01. The Balaban J connectivity index is 3.29. The molecule has 0 aromatic carbocycles. The van der Waals surface area contributed by atoms with E-state index in [4.69, 9.17) is 0 Å². The second kappa shape index (κ2) is 2.53. The van der Waals surface area contributed by atoms with Crippen LogP contribution < -0.4 is 0 Å². The Morgan fingerprint density at radius 2 is 1.13 bits per heavy atom. The summed E-state index contributed by atoms with van der Waals surface area (Å²) in [7, 11) is 0. The molecular weight excluding hydrogens is 244 g/mol. The van der Waals surface area contributed by atoms with Crippen LogP contribution in [0.2, 0.25) is 0 Å². The van der Waals surface area contributed by atoms with Crippen LogP contribution in [0.25, 0.3) is 0 Å². The molecule has 0 aromatic rings. The van der Waals surface area contributed by atoms with Crippen molar-refractivity contribution in [3.8, 4) is 0 Å². The molecule has 1 fully saturated rings. The summed E-state index contributed by atoms with van der Waals surface area (Å²) in [6.45, 7) is 0. The van der Waals surface area contributed by atoms with Gasteiger partial charge in [-0.2, -0.15) is 26.3 Å². The van der Waals surface area contributed by atoms with Gasteiger partial charge in [-0.05, 0) is 0 Å². The van der Waals surface area contributed by atoms with E-state index in [-0.39, 0.29) is 0 Å². The Bertz CT molecular complexity index is 292. The lowest BCUT2D eigenvalue weighted by atomic mass is 9.69. The molecule has 0 atom stereocenters. The summed E-state index contributed by atoms with van der Waals surface area (Å²) >= 11 is 0. The third-order valence-corrected chi connectivity index (χ3v) is 2.01. The van der Waals surface area contributed by atoms with Gasteiger partial charge in [0.05, 0.1) is 0 Å². The summed E-state index contributed by atoms with van der Waals surface area (Å²) in [4.78, 5) is 11.8. The molecule has 1 rings (SSSR count). The highest BCUT2D eigenvalue weighted by Gasteiger charge is 3.03. The molecule has 0 spiro atoms. The van der Waals surface area contributed by atoms with E-state index in [9.17, 15) is 40.1 Å². The fourth-order valence-corrected chi connectivity index (χ4v) is 1.07. The molecule has 10 heteroatoms. The Hall–Kier alpha value is -1.09. The van der Waals surface area contributed by atoms with Gasteiger partial charge in [-0.25, -0.2) is 9.18 Å². The molecule has 0 amide bonds. The molecule has 88 valence electrons. The molecule has 0 radical (unpaired) electrons. The van der Waals surface area contributed by atoms with Gasteiger partial charge in [0.25, 0.3) is 0 Å². The van der Waals surface area contributed by atoms with Crippen LogP contribution in [0, 0.1) is 0 Å². The van der Waals surface area contributed by atoms with E-state index in [1.807, 2.05) is 4.94 Å². The molecule has 1 aliphatic rings. The van der Waals surface area contributed by atoms with Gasteiger partial charge >= 0.3 is 29.4 Å². The zero-order chi connectivity index (χ0) is 12.3. The minimum atomic E-state index is -6.08. The van der Waals surface area contributed by atoms with E-state index in [2.05, 4.69) is 0 Å². The van der Waals surface area contributed by atoms with Gasteiger partial charge in [0.1, 0.15) is 0 Å². The van der Waals surface area contributed by atoms with Crippen molar-refractivity contribution >= 4 is 5.97 Å². The van der Waals surface area contributed by atoms with E-state index in [0.717, 1.165) is 0 Å². The number of carbonyl (C=O) groups is 1. The standard InChI is InChI=1S/C5F8O2/c6-2(1(14)15-13)3(7,8)5(11,12)4(2,9)10. The van der Waals surface area contributed by atoms with Crippen LogP contribution in [0.3, 0.4) is 0 Å². The molecule has 0 heterocycles. The van der Waals surface area contributed by atoms with E-state index in [1.165, 1.54) is 0 Å². The summed E-state index contributed by atoms with van der Waals surface area (Å²) in [5.74, 6) is -21.6. The van der Waals surface area contributed by atoms with Crippen molar-refractivity contribution in [2.24, 2.45) is 0 Å². The Kier molecular flexibility index (Phi) is 2.02. The van der Waals surface area contributed by atoms with Gasteiger partial charge in [0, 0.05) is 4.53 Å². The zero-order valence-corrected chi connectivity index (χ0v) is 6.34. The van der Waals surface area contributed by atoms with Gasteiger partial charge in [-0.15, -0.1) is 0 Å². The average Bonchev–Trinajstić information content (AvgIpc) is 2.13. The number of carbonyl (C=O) groups excluding carboxylic acids is 1. The molecular formula is C5F8O2. The highest BCUT2D eigenvalue weighted by Crippen LogP contribution is 2.68. The summed E-state index contributed by atoms with van der Waals surface area (Å²) in [6.07, 6.45) is 0. The lowest BCUT2D eigenvalue weighted by molar-refractivity contribution is -0.464. The fourth-order valence-electron chi connectivity index (χ4n) is 1.07. The first-order valence-electron chi connectivity index (χ1n) is 3.14. The Labute approximate surface area is 75.7 Å². The second-order valence-electron chi connectivity index (χ2n) is 2.75. The van der Waals surface area contributed by atoms with Crippen LogP contribution in [0.5, 0.6) is 0 Å². The molecule has 0 bridgehead atoms. The van der Waals surface area contributed by atoms with Crippen LogP contribution >= 0.6 is 0 Å². The van der Waals surface area contributed by atoms with Crippen LogP contribution in [0.15, 0.2) is 0 Å². The predicted molar refractivity (Wildman–Crippen MR) is 25.9 cm³/mol. The average molecular weight is 244 g/mol. The van der Waals surface area contributed by atoms with E-state index >= 15 is 0 Å². The molecule has 0 aromatic heterocycles. The smallest absolute Gasteiger partial charge is 0.251 e. The Morgan fingerprint density at radius 1 is 0.800 bits per heavy atom. The van der Waals surface area contributed by atoms with Gasteiger partial charge in [-0.1, -0.05) is 0 Å². The fraction of sp³-hybridized carbons (Fsp3) is 0.800. The second-order valence-corrected chi connectivity index (χ2v) is 2.75. The minimum Gasteiger partial charge on any atom is -0.251 e. The molecule has 0 unspecified atom stereocenters. The monoisotopic (exact) mass is 244 g/mol. The largest absolute Gasteiger partial charge is 0.398 e. The van der Waals surface area contributed by atoms with Crippen molar-refractivity contribution in [2.75, 3.05) is 0 Å². The van der Waals surface area contributed by atoms with Crippen molar-refractivity contribution in [1.29, 1.82) is 0 Å². The topological polar surface area (TPSA) is 26.3 Å². The van der Waals surface area contributed by atoms with Crippen molar-refractivity contribution in [3.63, 3.8) is 0 Å². The van der Waals surface area contributed by atoms with Crippen molar-refractivity contribution < 1.29 is 45.0 Å². The summed E-state index contributed by atoms with van der Waals surface area (Å²) in [6, 6.07) is 0. The predicted octanol–water partition coefficient (Wildman–Crippen LogP) is 2.04. The first-order valence-corrected chi connectivity index (χ1v) is 3.14. The van der Waals surface area contributed by atoms with Gasteiger partial charge in [-0.3, -0.25) is 4.94 Å². The van der Waals surface area contributed by atoms with Crippen molar-refractivity contribution in [3.05, 3.63) is 0 Å². The van der Waals surface area contributed by atoms with Crippen LogP contribution in [0.1, 0.15) is 0 Å². The maximum absolute atomic E-state index is 12.7. The number of alkyl halides is 7. The molecule has 0 N–H and O–H groups in total. The SMILES string of the molecule is O=C(OF)C1(F)C(F)(F)C(F)(F)C1(F)F. The lowest BCUT2D eigenvalue weighted by Crippen LogP contribution is -2.86. The molecule has 15 heavy (non-hydrogen) atoms. The highest BCUT2D eigenvalue weighted by molar-refractivity contribution is 5.85. The van der Waals surface area contributed by atoms with Crippen LogP contribution in [0.4, 0.5) is 35.3 Å². The van der Waals surface area contributed by atoms with E-state index in [1.54, 1.807) is 0 Å². The first-order chi connectivity index (χ1) is 6.48. The Morgan fingerprint density at radius 3 is 1.40 bits per heavy atom. The maximum atomic E-state index is 12.7. The van der Waals surface area contributed by atoms with Crippen molar-refractivity contribution in [2.45, 2.75) is 23.4 Å². The number of hydrogen-bond acceptors (Lipinski definition) is 2. The number of halogens is 8. The van der Waals surface area contributed by atoms with E-state index in [0.29, 0.717) is 0 Å². The zero-order valence-electron chi connectivity index (χ0n) is 6.34. The maximum Gasteiger partial charge on any atom is 0.398 e. The highest BCUT2D eigenvalue weighted by atomic mass is 19.4. The van der Waals surface area contributed by atoms with E-state index < -0.39 is 29.4 Å². The van der Waals surface area contributed by atoms with Crippen LogP contribution in [-0.2, 0) is 9.74 Å². The third kappa shape index (κ3) is 0.835. The number of hydrogen-bond donors (Lipinski definition) is 0. The van der Waals surface area contributed by atoms with Gasteiger partial charge in [0.2, 0.25) is 0 Å². The molecule has 0 saturated heterocycles. The molecule has 0 aliphatic heterocycles.